The summed E-state index contributed by atoms with van der Waals surface area (Å²) in [4.78, 5) is 12.2. The Morgan fingerprint density at radius 2 is 2.15 bits per heavy atom. The number of benzene rings is 1. The number of ether oxygens (including phenoxy) is 2. The number of fused-ring (bicyclic) bond motifs is 1. The summed E-state index contributed by atoms with van der Waals surface area (Å²) in [6.45, 7) is 6.53. The molecule has 0 aliphatic carbocycles. The number of hydrogen-bond donors (Lipinski definition) is 1. The molecular weight excluding hydrogens is 330 g/mol. The van der Waals surface area contributed by atoms with Crippen molar-refractivity contribution in [1.29, 1.82) is 0 Å². The zero-order chi connectivity index (χ0) is 18.8. The molecule has 1 unspecified atom stereocenters. The van der Waals surface area contributed by atoms with Gasteiger partial charge >= 0.3 is 0 Å². The van der Waals surface area contributed by atoms with Gasteiger partial charge in [-0.05, 0) is 44.5 Å². The third-order valence-corrected chi connectivity index (χ3v) is 4.58. The van der Waals surface area contributed by atoms with Crippen LogP contribution in [0.1, 0.15) is 43.0 Å². The Labute approximate surface area is 153 Å². The van der Waals surface area contributed by atoms with Crippen molar-refractivity contribution in [3.05, 3.63) is 46.7 Å². The van der Waals surface area contributed by atoms with Gasteiger partial charge < -0.3 is 14.8 Å². The summed E-state index contributed by atoms with van der Waals surface area (Å²) in [5.74, 6) is 2.07. The minimum absolute atomic E-state index is 0.00616. The van der Waals surface area contributed by atoms with E-state index in [2.05, 4.69) is 10.4 Å². The highest BCUT2D eigenvalue weighted by atomic mass is 16.5. The van der Waals surface area contributed by atoms with Gasteiger partial charge in [0.1, 0.15) is 12.4 Å². The second kappa shape index (κ2) is 7.23. The second-order valence-electron chi connectivity index (χ2n) is 6.78. The first-order chi connectivity index (χ1) is 12.4. The molecule has 1 aliphatic heterocycles. The van der Waals surface area contributed by atoms with E-state index in [1.165, 1.54) is 5.57 Å². The average Bonchev–Trinajstić information content (AvgIpc) is 2.88. The van der Waals surface area contributed by atoms with Crippen LogP contribution in [0.3, 0.4) is 0 Å². The highest BCUT2D eigenvalue weighted by molar-refractivity contribution is 5.94. The van der Waals surface area contributed by atoms with E-state index < -0.39 is 0 Å². The first kappa shape index (κ1) is 18.0. The Kier molecular flexibility index (Phi) is 5.02. The van der Waals surface area contributed by atoms with Crippen molar-refractivity contribution in [2.75, 3.05) is 19.0 Å². The van der Waals surface area contributed by atoms with Gasteiger partial charge in [0.15, 0.2) is 11.5 Å². The van der Waals surface area contributed by atoms with Gasteiger partial charge in [-0.2, -0.15) is 5.10 Å². The number of aryl methyl sites for hydroxylation is 2. The standard InChI is InChI=1S/C20H25N3O3/c1-12(2)8-9-26-16-7-6-14(10-17(16)25-5)15-11-18(24)21-20-19(15)13(3)22-23(20)4/h6-8,10,15H,9,11H2,1-5H3,(H,21,24). The van der Waals surface area contributed by atoms with Crippen molar-refractivity contribution >= 4 is 11.7 Å². The molecule has 0 fully saturated rings. The van der Waals surface area contributed by atoms with Crippen molar-refractivity contribution < 1.29 is 14.3 Å². The van der Waals surface area contributed by atoms with Crippen LogP contribution in [0.2, 0.25) is 0 Å². The van der Waals surface area contributed by atoms with Crippen LogP contribution >= 0.6 is 0 Å². The molecule has 0 saturated carbocycles. The normalized spacial score (nSPS) is 15.9. The Balaban J connectivity index is 1.95. The maximum atomic E-state index is 12.2. The molecule has 1 aromatic carbocycles. The smallest absolute Gasteiger partial charge is 0.226 e. The molecule has 0 radical (unpaired) electrons. The predicted octanol–water partition coefficient (Wildman–Crippen LogP) is 3.56. The molecule has 1 N–H and O–H groups in total. The Bertz CT molecular complexity index is 863. The largest absolute Gasteiger partial charge is 0.493 e. The maximum absolute atomic E-state index is 12.2. The van der Waals surface area contributed by atoms with Crippen LogP contribution in [0.4, 0.5) is 5.82 Å². The fourth-order valence-corrected chi connectivity index (χ4v) is 3.31. The number of aromatic nitrogens is 2. The van der Waals surface area contributed by atoms with Crippen molar-refractivity contribution in [3.63, 3.8) is 0 Å². The zero-order valence-corrected chi connectivity index (χ0v) is 15.9. The molecule has 1 amide bonds. The van der Waals surface area contributed by atoms with E-state index in [1.807, 2.05) is 52.1 Å². The molecule has 6 nitrogen and oxygen atoms in total. The first-order valence-electron chi connectivity index (χ1n) is 8.68. The zero-order valence-electron chi connectivity index (χ0n) is 15.9. The molecule has 138 valence electrons. The average molecular weight is 355 g/mol. The highest BCUT2D eigenvalue weighted by Gasteiger charge is 2.32. The van der Waals surface area contributed by atoms with Crippen LogP contribution in [0.15, 0.2) is 29.8 Å². The van der Waals surface area contributed by atoms with Gasteiger partial charge in [0.05, 0.1) is 12.8 Å². The van der Waals surface area contributed by atoms with E-state index in [4.69, 9.17) is 9.47 Å². The molecule has 1 aliphatic rings. The quantitative estimate of drug-likeness (QED) is 0.833. The topological polar surface area (TPSA) is 65.4 Å². The van der Waals surface area contributed by atoms with Crippen LogP contribution in [0.25, 0.3) is 0 Å². The van der Waals surface area contributed by atoms with Crippen molar-refractivity contribution in [1.82, 2.24) is 9.78 Å². The van der Waals surface area contributed by atoms with Crippen LogP contribution in [-0.2, 0) is 11.8 Å². The van der Waals surface area contributed by atoms with E-state index in [1.54, 1.807) is 11.8 Å². The summed E-state index contributed by atoms with van der Waals surface area (Å²) in [5, 5.41) is 7.39. The number of nitrogens with one attached hydrogen (secondary N) is 1. The lowest BCUT2D eigenvalue weighted by atomic mass is 9.85. The lowest BCUT2D eigenvalue weighted by Gasteiger charge is -2.24. The number of carbonyl (C=O) groups is 1. The number of amides is 1. The van der Waals surface area contributed by atoms with Gasteiger partial charge in [-0.1, -0.05) is 11.6 Å². The molecule has 0 bridgehead atoms. The molecule has 1 aromatic heterocycles. The Morgan fingerprint density at radius 3 is 2.85 bits per heavy atom. The van der Waals surface area contributed by atoms with E-state index in [0.717, 1.165) is 22.6 Å². The molecule has 6 heteroatoms. The highest BCUT2D eigenvalue weighted by Crippen LogP contribution is 2.41. The summed E-state index contributed by atoms with van der Waals surface area (Å²) in [5.41, 5.74) is 4.21. The van der Waals surface area contributed by atoms with Crippen LogP contribution in [0, 0.1) is 6.92 Å². The number of hydrogen-bond acceptors (Lipinski definition) is 4. The van der Waals surface area contributed by atoms with E-state index in [-0.39, 0.29) is 11.8 Å². The Morgan fingerprint density at radius 1 is 1.38 bits per heavy atom. The third-order valence-electron chi connectivity index (χ3n) is 4.58. The molecule has 3 rings (SSSR count). The van der Waals surface area contributed by atoms with Crippen LogP contribution in [-0.4, -0.2) is 29.4 Å². The third kappa shape index (κ3) is 3.45. The van der Waals surface area contributed by atoms with E-state index >= 15 is 0 Å². The summed E-state index contributed by atoms with van der Waals surface area (Å²) < 4.78 is 13.0. The molecule has 2 heterocycles. The first-order valence-corrected chi connectivity index (χ1v) is 8.68. The van der Waals surface area contributed by atoms with Crippen molar-refractivity contribution in [2.24, 2.45) is 7.05 Å². The molecule has 2 aromatic rings. The van der Waals surface area contributed by atoms with Gasteiger partial charge in [-0.15, -0.1) is 0 Å². The molecular formula is C20H25N3O3. The fourth-order valence-electron chi connectivity index (χ4n) is 3.31. The van der Waals surface area contributed by atoms with E-state index in [0.29, 0.717) is 24.5 Å². The van der Waals surface area contributed by atoms with Gasteiger partial charge in [0.25, 0.3) is 0 Å². The lowest BCUT2D eigenvalue weighted by Crippen LogP contribution is -2.24. The lowest BCUT2D eigenvalue weighted by molar-refractivity contribution is -0.116. The predicted molar refractivity (Wildman–Crippen MR) is 101 cm³/mol. The van der Waals surface area contributed by atoms with Crippen LogP contribution in [0.5, 0.6) is 11.5 Å². The number of allylic oxidation sites excluding steroid dienone is 1. The van der Waals surface area contributed by atoms with Gasteiger partial charge in [-0.25, -0.2) is 0 Å². The van der Waals surface area contributed by atoms with Crippen LogP contribution < -0.4 is 14.8 Å². The Hall–Kier alpha value is -2.76. The number of rotatable bonds is 5. The second-order valence-corrected chi connectivity index (χ2v) is 6.78. The summed E-state index contributed by atoms with van der Waals surface area (Å²) in [6.07, 6.45) is 2.41. The summed E-state index contributed by atoms with van der Waals surface area (Å²) >= 11 is 0. The molecule has 0 spiro atoms. The SMILES string of the molecule is COc1cc(C2CC(=O)Nc3c2c(C)nn3C)ccc1OCC=C(C)C. The molecule has 26 heavy (non-hydrogen) atoms. The number of nitrogens with zero attached hydrogens (tertiary/aromatic N) is 2. The number of anilines is 1. The minimum atomic E-state index is -0.0480. The van der Waals surface area contributed by atoms with Crippen molar-refractivity contribution in [3.8, 4) is 11.5 Å². The van der Waals surface area contributed by atoms with Crippen molar-refractivity contribution in [2.45, 2.75) is 33.1 Å². The molecule has 1 atom stereocenters. The minimum Gasteiger partial charge on any atom is -0.493 e. The van der Waals surface area contributed by atoms with Gasteiger partial charge in [0.2, 0.25) is 5.91 Å². The van der Waals surface area contributed by atoms with Gasteiger partial charge in [0, 0.05) is 24.9 Å². The summed E-state index contributed by atoms with van der Waals surface area (Å²) in [6, 6.07) is 5.86. The summed E-state index contributed by atoms with van der Waals surface area (Å²) in [7, 11) is 3.47. The van der Waals surface area contributed by atoms with E-state index in [9.17, 15) is 4.79 Å². The maximum Gasteiger partial charge on any atom is 0.226 e. The molecule has 0 saturated heterocycles. The number of methoxy groups -OCH3 is 1. The monoisotopic (exact) mass is 355 g/mol. The van der Waals surface area contributed by atoms with Gasteiger partial charge in [-0.3, -0.25) is 9.48 Å². The fraction of sp³-hybridized carbons (Fsp3) is 0.400. The number of carbonyl (C=O) groups excluding carboxylic acids is 1.